The Morgan fingerprint density at radius 2 is 2.10 bits per heavy atom. The molecule has 0 fully saturated rings. The molecule has 0 heterocycles. The lowest BCUT2D eigenvalue weighted by Crippen LogP contribution is -2.36. The largest absolute Gasteiger partial charge is 0.493 e. The quantitative estimate of drug-likeness (QED) is 0.473. The van der Waals surface area contributed by atoms with E-state index in [0.717, 1.165) is 16.0 Å². The second-order valence-electron chi connectivity index (χ2n) is 3.91. The summed E-state index contributed by atoms with van der Waals surface area (Å²) in [7, 11) is 4.95. The average molecular weight is 342 g/mol. The Hall–Kier alpha value is -1.69. The Kier molecular flexibility index (Phi) is 6.93. The highest BCUT2D eigenvalue weighted by molar-refractivity contribution is 9.10. The van der Waals surface area contributed by atoms with E-state index in [4.69, 9.17) is 9.47 Å². The molecule has 0 aliphatic heterocycles. The molecule has 0 amide bonds. The topological polar surface area (TPSA) is 54.9 Å². The van der Waals surface area contributed by atoms with Crippen LogP contribution in [0.25, 0.3) is 0 Å². The van der Waals surface area contributed by atoms with Crippen LogP contribution >= 0.6 is 15.9 Å². The van der Waals surface area contributed by atoms with Crippen LogP contribution in [0.1, 0.15) is 5.56 Å². The Labute approximate surface area is 128 Å². The van der Waals surface area contributed by atoms with Gasteiger partial charge in [-0.1, -0.05) is 6.08 Å². The fourth-order valence-electron chi connectivity index (χ4n) is 1.65. The Morgan fingerprint density at radius 1 is 1.35 bits per heavy atom. The normalized spacial score (nSPS) is 10.9. The van der Waals surface area contributed by atoms with Gasteiger partial charge in [-0.05, 0) is 33.6 Å². The number of nitrogens with one attached hydrogen (secondary N) is 2. The second kappa shape index (κ2) is 8.47. The Bertz CT molecular complexity index is 490. The van der Waals surface area contributed by atoms with Crippen LogP contribution in [0.4, 0.5) is 0 Å². The van der Waals surface area contributed by atoms with Crippen molar-refractivity contribution in [1.29, 1.82) is 0 Å². The van der Waals surface area contributed by atoms with Crippen molar-refractivity contribution in [3.8, 4) is 11.5 Å². The maximum Gasteiger partial charge on any atom is 0.191 e. The summed E-state index contributed by atoms with van der Waals surface area (Å²) < 4.78 is 11.4. The predicted molar refractivity (Wildman–Crippen MR) is 85.6 cm³/mol. The van der Waals surface area contributed by atoms with Crippen LogP contribution in [0.15, 0.2) is 34.3 Å². The van der Waals surface area contributed by atoms with Crippen LogP contribution in [0, 0.1) is 0 Å². The van der Waals surface area contributed by atoms with Gasteiger partial charge in [0.05, 0.1) is 18.7 Å². The molecule has 0 atom stereocenters. The molecule has 0 aliphatic carbocycles. The molecule has 0 unspecified atom stereocenters. The van der Waals surface area contributed by atoms with Gasteiger partial charge in [-0.15, -0.1) is 6.58 Å². The number of hydrogen-bond donors (Lipinski definition) is 2. The molecular weight excluding hydrogens is 322 g/mol. The smallest absolute Gasteiger partial charge is 0.191 e. The number of guanidine groups is 1. The summed E-state index contributed by atoms with van der Waals surface area (Å²) in [5.41, 5.74) is 1.05. The summed E-state index contributed by atoms with van der Waals surface area (Å²) in [6, 6.07) is 3.91. The third-order valence-corrected chi connectivity index (χ3v) is 3.18. The van der Waals surface area contributed by atoms with Gasteiger partial charge < -0.3 is 20.1 Å². The molecule has 1 aromatic carbocycles. The minimum atomic E-state index is 0.621. The maximum absolute atomic E-state index is 5.31. The van der Waals surface area contributed by atoms with Crippen molar-refractivity contribution >= 4 is 21.9 Å². The molecule has 0 spiro atoms. The number of halogens is 1. The summed E-state index contributed by atoms with van der Waals surface area (Å²) in [6.45, 7) is 4.94. The van der Waals surface area contributed by atoms with Gasteiger partial charge in [0.25, 0.3) is 0 Å². The SMILES string of the molecule is C=CCNC(=NC)NCc1cc(Br)c(OC)c(OC)c1. The number of rotatable bonds is 6. The molecule has 110 valence electrons. The maximum atomic E-state index is 5.31. The van der Waals surface area contributed by atoms with E-state index in [9.17, 15) is 0 Å². The molecule has 0 aromatic heterocycles. The monoisotopic (exact) mass is 341 g/mol. The third kappa shape index (κ3) is 4.45. The molecule has 0 aliphatic rings. The van der Waals surface area contributed by atoms with E-state index >= 15 is 0 Å². The van der Waals surface area contributed by atoms with Gasteiger partial charge in [0.15, 0.2) is 17.5 Å². The van der Waals surface area contributed by atoms with E-state index in [0.29, 0.717) is 24.6 Å². The Balaban J connectivity index is 2.78. The molecule has 6 heteroatoms. The molecule has 0 saturated heterocycles. The van der Waals surface area contributed by atoms with Gasteiger partial charge in [0.2, 0.25) is 0 Å². The Morgan fingerprint density at radius 3 is 2.65 bits per heavy atom. The van der Waals surface area contributed by atoms with E-state index in [2.05, 4.69) is 38.1 Å². The van der Waals surface area contributed by atoms with Gasteiger partial charge in [0, 0.05) is 20.1 Å². The van der Waals surface area contributed by atoms with Crippen molar-refractivity contribution in [3.63, 3.8) is 0 Å². The summed E-state index contributed by atoms with van der Waals surface area (Å²) >= 11 is 3.47. The third-order valence-electron chi connectivity index (χ3n) is 2.59. The van der Waals surface area contributed by atoms with Crippen molar-refractivity contribution < 1.29 is 9.47 Å². The highest BCUT2D eigenvalue weighted by Gasteiger charge is 2.10. The molecule has 1 aromatic rings. The lowest BCUT2D eigenvalue weighted by Gasteiger charge is -2.14. The van der Waals surface area contributed by atoms with E-state index < -0.39 is 0 Å². The zero-order chi connectivity index (χ0) is 15.0. The summed E-state index contributed by atoms with van der Waals surface area (Å²) in [4.78, 5) is 4.12. The van der Waals surface area contributed by atoms with Crippen LogP contribution in [0.2, 0.25) is 0 Å². The fourth-order valence-corrected chi connectivity index (χ4v) is 2.30. The first-order valence-electron chi connectivity index (χ1n) is 6.12. The van der Waals surface area contributed by atoms with Crippen molar-refractivity contribution in [2.45, 2.75) is 6.54 Å². The number of benzene rings is 1. The first-order chi connectivity index (χ1) is 9.65. The number of aliphatic imine (C=N–C) groups is 1. The molecular formula is C14H20BrN3O2. The van der Waals surface area contributed by atoms with Gasteiger partial charge in [-0.25, -0.2) is 0 Å². The van der Waals surface area contributed by atoms with E-state index in [1.807, 2.05) is 12.1 Å². The highest BCUT2D eigenvalue weighted by Crippen LogP contribution is 2.36. The van der Waals surface area contributed by atoms with Crippen LogP contribution < -0.4 is 20.1 Å². The lowest BCUT2D eigenvalue weighted by atomic mass is 10.2. The van der Waals surface area contributed by atoms with Gasteiger partial charge in [-0.2, -0.15) is 0 Å². The second-order valence-corrected chi connectivity index (χ2v) is 4.76. The molecule has 0 bridgehead atoms. The van der Waals surface area contributed by atoms with Gasteiger partial charge in [0.1, 0.15) is 0 Å². The zero-order valence-corrected chi connectivity index (χ0v) is 13.6. The van der Waals surface area contributed by atoms with Crippen LogP contribution in [0.3, 0.4) is 0 Å². The number of methoxy groups -OCH3 is 2. The van der Waals surface area contributed by atoms with Gasteiger partial charge >= 0.3 is 0 Å². The molecule has 2 N–H and O–H groups in total. The lowest BCUT2D eigenvalue weighted by molar-refractivity contribution is 0.352. The summed E-state index contributed by atoms with van der Waals surface area (Å²) in [5.74, 6) is 2.09. The molecule has 20 heavy (non-hydrogen) atoms. The summed E-state index contributed by atoms with van der Waals surface area (Å²) in [6.07, 6.45) is 1.78. The van der Waals surface area contributed by atoms with E-state index in [1.165, 1.54) is 0 Å². The number of ether oxygens (including phenoxy) is 2. The number of hydrogen-bond acceptors (Lipinski definition) is 3. The van der Waals surface area contributed by atoms with Gasteiger partial charge in [-0.3, -0.25) is 4.99 Å². The molecule has 1 rings (SSSR count). The van der Waals surface area contributed by atoms with Crippen molar-refractivity contribution in [1.82, 2.24) is 10.6 Å². The zero-order valence-electron chi connectivity index (χ0n) is 12.0. The van der Waals surface area contributed by atoms with Crippen LogP contribution in [-0.4, -0.2) is 33.8 Å². The van der Waals surface area contributed by atoms with Crippen molar-refractivity contribution in [3.05, 3.63) is 34.8 Å². The van der Waals surface area contributed by atoms with E-state index in [-0.39, 0.29) is 0 Å². The predicted octanol–water partition coefficient (Wildman–Crippen LogP) is 2.32. The first-order valence-corrected chi connectivity index (χ1v) is 6.91. The average Bonchev–Trinajstić information content (AvgIpc) is 2.46. The standard InChI is InChI=1S/C14H20BrN3O2/c1-5-6-17-14(16-2)18-9-10-7-11(15)13(20-4)12(8-10)19-3/h5,7-8H,1,6,9H2,2-4H3,(H2,16,17,18). The summed E-state index contributed by atoms with van der Waals surface area (Å²) in [5, 5.41) is 6.32. The molecule has 0 saturated carbocycles. The van der Waals surface area contributed by atoms with Crippen LogP contribution in [0.5, 0.6) is 11.5 Å². The van der Waals surface area contributed by atoms with Crippen molar-refractivity contribution in [2.24, 2.45) is 4.99 Å². The minimum Gasteiger partial charge on any atom is -0.493 e. The minimum absolute atomic E-state index is 0.621. The number of nitrogens with zero attached hydrogens (tertiary/aromatic N) is 1. The first kappa shape index (κ1) is 16.4. The molecule has 0 radical (unpaired) electrons. The van der Waals surface area contributed by atoms with Crippen LogP contribution in [-0.2, 0) is 6.54 Å². The highest BCUT2D eigenvalue weighted by atomic mass is 79.9. The van der Waals surface area contributed by atoms with Crippen molar-refractivity contribution in [2.75, 3.05) is 27.8 Å². The fraction of sp³-hybridized carbons (Fsp3) is 0.357. The van der Waals surface area contributed by atoms with E-state index in [1.54, 1.807) is 27.3 Å². The molecule has 5 nitrogen and oxygen atoms in total.